The highest BCUT2D eigenvalue weighted by Crippen LogP contribution is 2.30. The number of aromatic amines is 1. The number of fused-ring (bicyclic) bond motifs is 2. The zero-order chi connectivity index (χ0) is 12.8. The smallest absolute Gasteiger partial charge is 0.226 e. The largest absolute Gasteiger partial charge is 0.342 e. The van der Waals surface area contributed by atoms with Crippen LogP contribution in [0.3, 0.4) is 0 Å². The Morgan fingerprint density at radius 1 is 1.25 bits per heavy atom. The number of likely N-dealkylation sites (tertiary alicyclic amines) is 1. The Morgan fingerprint density at radius 2 is 2.00 bits per heavy atom. The molecule has 2 N–H and O–H groups in total. The predicted molar refractivity (Wildman–Crippen MR) is 75.6 cm³/mol. The number of hydrogen-bond acceptors (Lipinski definition) is 4. The number of carbonyl (C=O) groups is 1. The van der Waals surface area contributed by atoms with E-state index >= 15 is 0 Å². The first-order valence-corrected chi connectivity index (χ1v) is 7.19. The van der Waals surface area contributed by atoms with Crippen LogP contribution in [0.15, 0.2) is 0 Å². The molecule has 110 valence electrons. The quantitative estimate of drug-likeness (QED) is 0.766. The highest BCUT2D eigenvalue weighted by Gasteiger charge is 2.40. The van der Waals surface area contributed by atoms with Gasteiger partial charge in [0.1, 0.15) is 0 Å². The van der Waals surface area contributed by atoms with E-state index in [1.54, 1.807) is 0 Å². The third kappa shape index (κ3) is 2.20. The Bertz CT molecular complexity index is 493. The lowest BCUT2D eigenvalue weighted by Crippen LogP contribution is -2.38. The van der Waals surface area contributed by atoms with Crippen molar-refractivity contribution in [3.05, 3.63) is 11.4 Å². The molecule has 0 bridgehead atoms. The number of carbonyl (C=O) groups excluding carboxylic acids is 1. The third-order valence-corrected chi connectivity index (χ3v) is 4.94. The molecule has 7 heteroatoms. The first kappa shape index (κ1) is 13.8. The molecule has 3 aliphatic rings. The van der Waals surface area contributed by atoms with Gasteiger partial charge in [-0.3, -0.25) is 9.89 Å². The molecule has 0 aromatic carbocycles. The second-order valence-corrected chi connectivity index (χ2v) is 6.10. The summed E-state index contributed by atoms with van der Waals surface area (Å²) in [5.41, 5.74) is 2.11. The van der Waals surface area contributed by atoms with Crippen LogP contribution in [0.2, 0.25) is 0 Å². The van der Waals surface area contributed by atoms with Gasteiger partial charge < -0.3 is 10.2 Å². The van der Waals surface area contributed by atoms with Crippen LogP contribution >= 0.6 is 12.4 Å². The van der Waals surface area contributed by atoms with Gasteiger partial charge >= 0.3 is 0 Å². The van der Waals surface area contributed by atoms with Crippen molar-refractivity contribution in [2.75, 3.05) is 26.2 Å². The summed E-state index contributed by atoms with van der Waals surface area (Å²) in [5.74, 6) is 1.80. The number of aryl methyl sites for hydroxylation is 1. The number of aromatic nitrogens is 3. The van der Waals surface area contributed by atoms with Gasteiger partial charge in [-0.05, 0) is 24.7 Å². The van der Waals surface area contributed by atoms with Crippen LogP contribution in [-0.4, -0.2) is 52.4 Å². The van der Waals surface area contributed by atoms with Crippen LogP contribution in [0.4, 0.5) is 0 Å². The Kier molecular flexibility index (Phi) is 3.69. The van der Waals surface area contributed by atoms with Gasteiger partial charge in [0.25, 0.3) is 0 Å². The normalized spacial score (nSPS) is 31.6. The van der Waals surface area contributed by atoms with Crippen molar-refractivity contribution in [2.24, 2.45) is 17.8 Å². The monoisotopic (exact) mass is 297 g/mol. The molecule has 0 radical (unpaired) electrons. The fourth-order valence-electron chi connectivity index (χ4n) is 3.79. The van der Waals surface area contributed by atoms with Gasteiger partial charge in [0.15, 0.2) is 0 Å². The van der Waals surface area contributed by atoms with Crippen molar-refractivity contribution in [3.63, 3.8) is 0 Å². The maximum absolute atomic E-state index is 12.6. The minimum atomic E-state index is 0. The average molecular weight is 298 g/mol. The van der Waals surface area contributed by atoms with E-state index in [2.05, 4.69) is 25.6 Å². The fourth-order valence-corrected chi connectivity index (χ4v) is 3.79. The van der Waals surface area contributed by atoms with Crippen LogP contribution in [0.1, 0.15) is 17.8 Å². The number of nitrogens with zero attached hydrogens (tertiary/aromatic N) is 3. The fraction of sp³-hybridized carbons (Fsp3) is 0.769. The molecule has 2 fully saturated rings. The number of H-pyrrole nitrogens is 1. The van der Waals surface area contributed by atoms with E-state index in [1.165, 1.54) is 0 Å². The zero-order valence-electron chi connectivity index (χ0n) is 11.3. The minimum Gasteiger partial charge on any atom is -0.342 e. The number of amides is 1. The topological polar surface area (TPSA) is 73.9 Å². The van der Waals surface area contributed by atoms with E-state index in [4.69, 9.17) is 0 Å². The van der Waals surface area contributed by atoms with Crippen molar-refractivity contribution >= 4 is 18.3 Å². The molecule has 2 aliphatic heterocycles. The molecule has 20 heavy (non-hydrogen) atoms. The summed E-state index contributed by atoms with van der Waals surface area (Å²) >= 11 is 0. The summed E-state index contributed by atoms with van der Waals surface area (Å²) in [6.07, 6.45) is 2.59. The molecule has 3 heterocycles. The lowest BCUT2D eigenvalue weighted by atomic mass is 9.89. The van der Waals surface area contributed by atoms with Gasteiger partial charge in [-0.1, -0.05) is 5.21 Å². The highest BCUT2D eigenvalue weighted by atomic mass is 35.5. The maximum Gasteiger partial charge on any atom is 0.226 e. The third-order valence-electron chi connectivity index (χ3n) is 4.94. The standard InChI is InChI=1S/C13H19N5O.ClH/c19-13(18-6-9-4-14-5-10(9)7-18)8-1-2-11-12(3-8)16-17-15-11;/h8-10,14H,1-7H2,(H,15,16,17);1H/t8-,9-,10-;/m1./s1. The molecule has 0 unspecified atom stereocenters. The Balaban J connectivity index is 0.00000121. The molecular weight excluding hydrogens is 278 g/mol. The summed E-state index contributed by atoms with van der Waals surface area (Å²) in [6, 6.07) is 0. The van der Waals surface area contributed by atoms with Gasteiger partial charge in [0.2, 0.25) is 5.91 Å². The van der Waals surface area contributed by atoms with E-state index in [0.717, 1.165) is 56.8 Å². The van der Waals surface area contributed by atoms with Crippen LogP contribution in [0.5, 0.6) is 0 Å². The molecule has 0 saturated carbocycles. The molecule has 1 aromatic rings. The molecule has 1 aliphatic carbocycles. The maximum atomic E-state index is 12.6. The van der Waals surface area contributed by atoms with Gasteiger partial charge in [-0.15, -0.1) is 17.5 Å². The first-order valence-electron chi connectivity index (χ1n) is 7.19. The van der Waals surface area contributed by atoms with Gasteiger partial charge in [0, 0.05) is 38.5 Å². The average Bonchev–Trinajstić information content (AvgIpc) is 3.11. The van der Waals surface area contributed by atoms with Crippen LogP contribution in [0, 0.1) is 17.8 Å². The predicted octanol–water partition coefficient (Wildman–Crippen LogP) is 0.00920. The van der Waals surface area contributed by atoms with E-state index in [0.29, 0.717) is 17.7 Å². The van der Waals surface area contributed by atoms with Crippen molar-refractivity contribution in [1.29, 1.82) is 0 Å². The summed E-state index contributed by atoms with van der Waals surface area (Å²) < 4.78 is 0. The molecule has 1 aromatic heterocycles. The Labute approximate surface area is 124 Å². The van der Waals surface area contributed by atoms with Crippen LogP contribution in [0.25, 0.3) is 0 Å². The Hall–Kier alpha value is -1.14. The lowest BCUT2D eigenvalue weighted by Gasteiger charge is -2.26. The van der Waals surface area contributed by atoms with Crippen molar-refractivity contribution in [1.82, 2.24) is 25.6 Å². The summed E-state index contributed by atoms with van der Waals surface area (Å²) in [4.78, 5) is 14.7. The van der Waals surface area contributed by atoms with Gasteiger partial charge in [-0.25, -0.2) is 0 Å². The SMILES string of the molecule is Cl.O=C([C@@H]1CCc2[nH]nnc2C1)N1C[C@H]2CNC[C@@H]2C1. The molecule has 0 spiro atoms. The van der Waals surface area contributed by atoms with Gasteiger partial charge in [-0.2, -0.15) is 0 Å². The van der Waals surface area contributed by atoms with E-state index in [1.807, 2.05) is 0 Å². The summed E-state index contributed by atoms with van der Waals surface area (Å²) in [5, 5.41) is 14.3. The second-order valence-electron chi connectivity index (χ2n) is 6.10. The number of halogens is 1. The van der Waals surface area contributed by atoms with Gasteiger partial charge in [0.05, 0.1) is 11.4 Å². The van der Waals surface area contributed by atoms with Crippen molar-refractivity contribution in [3.8, 4) is 0 Å². The lowest BCUT2D eigenvalue weighted by molar-refractivity contribution is -0.135. The number of rotatable bonds is 1. The molecular formula is C13H20ClN5O. The van der Waals surface area contributed by atoms with Crippen LogP contribution in [-0.2, 0) is 17.6 Å². The molecule has 1 amide bonds. The van der Waals surface area contributed by atoms with E-state index < -0.39 is 0 Å². The second kappa shape index (κ2) is 5.33. The minimum absolute atomic E-state index is 0. The van der Waals surface area contributed by atoms with Crippen molar-refractivity contribution in [2.45, 2.75) is 19.3 Å². The summed E-state index contributed by atoms with van der Waals surface area (Å²) in [7, 11) is 0. The first-order chi connectivity index (χ1) is 9.31. The molecule has 2 saturated heterocycles. The van der Waals surface area contributed by atoms with E-state index in [-0.39, 0.29) is 18.3 Å². The van der Waals surface area contributed by atoms with Crippen LogP contribution < -0.4 is 5.32 Å². The molecule has 4 rings (SSSR count). The number of hydrogen-bond donors (Lipinski definition) is 2. The summed E-state index contributed by atoms with van der Waals surface area (Å²) in [6.45, 7) is 4.04. The molecule has 6 nitrogen and oxygen atoms in total. The zero-order valence-corrected chi connectivity index (χ0v) is 12.2. The molecule has 3 atom stereocenters. The van der Waals surface area contributed by atoms with E-state index in [9.17, 15) is 4.79 Å². The van der Waals surface area contributed by atoms with Crippen molar-refractivity contribution < 1.29 is 4.79 Å². The highest BCUT2D eigenvalue weighted by molar-refractivity contribution is 5.85. The number of nitrogens with one attached hydrogen (secondary N) is 2. The Morgan fingerprint density at radius 3 is 2.75 bits per heavy atom.